The first-order valence-electron chi connectivity index (χ1n) is 7.96. The minimum absolute atomic E-state index is 0.0115. The lowest BCUT2D eigenvalue weighted by Crippen LogP contribution is -2.40. The average molecular weight is 308 g/mol. The number of hydrogen-bond donors (Lipinski definition) is 2. The van der Waals surface area contributed by atoms with Crippen LogP contribution in [0.3, 0.4) is 0 Å². The van der Waals surface area contributed by atoms with Gasteiger partial charge in [-0.25, -0.2) is 0 Å². The van der Waals surface area contributed by atoms with Crippen LogP contribution in [0.15, 0.2) is 30.3 Å². The van der Waals surface area contributed by atoms with E-state index in [1.165, 1.54) is 5.56 Å². The highest BCUT2D eigenvalue weighted by molar-refractivity contribution is 6.71. The fraction of sp³-hybridized carbons (Fsp3) is 0.647. The number of aliphatic hydroxyl groups excluding tert-OH is 1. The molecule has 0 aromatic heterocycles. The van der Waals surface area contributed by atoms with Crippen molar-refractivity contribution in [2.45, 2.75) is 57.0 Å². The second-order valence-corrected chi connectivity index (χ2v) is 10.8. The van der Waals surface area contributed by atoms with Gasteiger partial charge in [-0.05, 0) is 43.8 Å². The van der Waals surface area contributed by atoms with Crippen LogP contribution in [-0.2, 0) is 11.2 Å². The van der Waals surface area contributed by atoms with E-state index in [4.69, 9.17) is 4.74 Å². The lowest BCUT2D eigenvalue weighted by molar-refractivity contribution is 0.0192. The second-order valence-electron chi connectivity index (χ2n) is 6.79. The summed E-state index contributed by atoms with van der Waals surface area (Å²) in [6.45, 7) is 6.30. The maximum absolute atomic E-state index is 10.6. The van der Waals surface area contributed by atoms with Gasteiger partial charge < -0.3 is 14.6 Å². The number of benzene rings is 1. The fourth-order valence-corrected chi connectivity index (χ4v) is 6.42. The van der Waals surface area contributed by atoms with Crippen molar-refractivity contribution in [2.24, 2.45) is 5.92 Å². The summed E-state index contributed by atoms with van der Waals surface area (Å²) in [5.74, 6) is 0.358. The van der Waals surface area contributed by atoms with E-state index in [9.17, 15) is 9.90 Å². The molecular formula is C17H28O3Si. The molecule has 2 rings (SSSR count). The van der Waals surface area contributed by atoms with Crippen molar-refractivity contribution in [1.29, 1.82) is 0 Å². The highest BCUT2D eigenvalue weighted by Crippen LogP contribution is 2.45. The Hall–Kier alpha value is -0.683. The molecule has 1 heterocycles. The van der Waals surface area contributed by atoms with Gasteiger partial charge in [-0.15, -0.1) is 0 Å². The van der Waals surface area contributed by atoms with Gasteiger partial charge in [0, 0.05) is 12.1 Å². The molecule has 1 aliphatic rings. The Morgan fingerprint density at radius 3 is 2.33 bits per heavy atom. The highest BCUT2D eigenvalue weighted by Gasteiger charge is 2.49. The van der Waals surface area contributed by atoms with Gasteiger partial charge in [0.15, 0.2) is 8.32 Å². The Morgan fingerprint density at radius 1 is 1.10 bits per heavy atom. The first-order chi connectivity index (χ1) is 9.93. The van der Waals surface area contributed by atoms with Crippen LogP contribution in [0, 0.1) is 5.92 Å². The Labute approximate surface area is 129 Å². The molecule has 1 aromatic carbocycles. The zero-order valence-electron chi connectivity index (χ0n) is 13.3. The number of ether oxygens (including phenoxy) is 1. The molecule has 3 nitrogen and oxygen atoms in total. The Balaban J connectivity index is 2.01. The molecule has 1 aliphatic heterocycles. The molecule has 21 heavy (non-hydrogen) atoms. The predicted molar refractivity (Wildman–Crippen MR) is 87.7 cm³/mol. The molecule has 1 aromatic rings. The van der Waals surface area contributed by atoms with Crippen LogP contribution in [-0.4, -0.2) is 37.0 Å². The Bertz CT molecular complexity index is 429. The van der Waals surface area contributed by atoms with E-state index in [1.807, 2.05) is 19.2 Å². The first-order valence-corrected chi connectivity index (χ1v) is 11.0. The van der Waals surface area contributed by atoms with Crippen LogP contribution in [0.2, 0.25) is 18.6 Å². The van der Waals surface area contributed by atoms with Crippen molar-refractivity contribution in [3.05, 3.63) is 35.9 Å². The summed E-state index contributed by atoms with van der Waals surface area (Å²) in [5, 5.41) is 9.24. The molecule has 1 fully saturated rings. The number of aliphatic hydroxyl groups is 1. The van der Waals surface area contributed by atoms with E-state index in [2.05, 4.69) is 31.2 Å². The number of hydrogen-bond acceptors (Lipinski definition) is 3. The molecule has 118 valence electrons. The summed E-state index contributed by atoms with van der Waals surface area (Å²) >= 11 is 0. The van der Waals surface area contributed by atoms with Crippen LogP contribution in [0.4, 0.5) is 0 Å². The minimum Gasteiger partial charge on any atom is -0.432 e. The number of aryl methyl sites for hydroxylation is 1. The molecular weight excluding hydrogens is 280 g/mol. The van der Waals surface area contributed by atoms with Crippen molar-refractivity contribution in [1.82, 2.24) is 0 Å². The maximum Gasteiger partial charge on any atom is 0.188 e. The van der Waals surface area contributed by atoms with Gasteiger partial charge in [0.1, 0.15) is 0 Å². The normalized spacial score (nSPS) is 29.8. The molecule has 0 saturated carbocycles. The summed E-state index contributed by atoms with van der Waals surface area (Å²) in [7, 11) is -2.27. The monoisotopic (exact) mass is 308 g/mol. The number of rotatable bonds is 6. The highest BCUT2D eigenvalue weighted by atomic mass is 28.4. The summed E-state index contributed by atoms with van der Waals surface area (Å²) in [6.07, 6.45) is 2.81. The molecule has 0 bridgehead atoms. The van der Waals surface area contributed by atoms with Crippen LogP contribution >= 0.6 is 0 Å². The fourth-order valence-electron chi connectivity index (χ4n) is 3.76. The molecule has 4 heteroatoms. The molecule has 0 spiro atoms. The largest absolute Gasteiger partial charge is 0.432 e. The van der Waals surface area contributed by atoms with Gasteiger partial charge in [-0.3, -0.25) is 0 Å². The van der Waals surface area contributed by atoms with Gasteiger partial charge in [0.2, 0.25) is 0 Å². The molecule has 2 N–H and O–H groups in total. The second kappa shape index (κ2) is 7.05. The van der Waals surface area contributed by atoms with Crippen molar-refractivity contribution >= 4 is 8.32 Å². The van der Waals surface area contributed by atoms with Gasteiger partial charge >= 0.3 is 0 Å². The zero-order valence-corrected chi connectivity index (χ0v) is 14.3. The van der Waals surface area contributed by atoms with E-state index < -0.39 is 8.32 Å². The third kappa shape index (κ3) is 4.16. The minimum atomic E-state index is -2.27. The summed E-state index contributed by atoms with van der Waals surface area (Å²) in [5.41, 5.74) is 1.54. The van der Waals surface area contributed by atoms with Gasteiger partial charge in [-0.1, -0.05) is 37.3 Å². The van der Waals surface area contributed by atoms with E-state index in [-0.39, 0.29) is 24.4 Å². The third-order valence-electron chi connectivity index (χ3n) is 4.69. The van der Waals surface area contributed by atoms with Crippen molar-refractivity contribution in [2.75, 3.05) is 6.61 Å². The van der Waals surface area contributed by atoms with Crippen LogP contribution in [0.5, 0.6) is 0 Å². The van der Waals surface area contributed by atoms with E-state index in [1.54, 1.807) is 0 Å². The van der Waals surface area contributed by atoms with Crippen LogP contribution in [0.25, 0.3) is 0 Å². The van der Waals surface area contributed by atoms with E-state index in [0.29, 0.717) is 12.3 Å². The Kier molecular flexibility index (Phi) is 5.60. The van der Waals surface area contributed by atoms with Gasteiger partial charge in [-0.2, -0.15) is 0 Å². The molecule has 0 unspecified atom stereocenters. The maximum atomic E-state index is 10.6. The van der Waals surface area contributed by atoms with Gasteiger partial charge in [0.25, 0.3) is 0 Å². The lowest BCUT2D eigenvalue weighted by atomic mass is 9.95. The smallest absolute Gasteiger partial charge is 0.188 e. The Morgan fingerprint density at radius 2 is 1.76 bits per heavy atom. The van der Waals surface area contributed by atoms with Crippen molar-refractivity contribution in [3.8, 4) is 0 Å². The summed E-state index contributed by atoms with van der Waals surface area (Å²) in [6, 6.07) is 10.5. The average Bonchev–Trinajstić information content (AvgIpc) is 2.74. The molecule has 4 atom stereocenters. The topological polar surface area (TPSA) is 49.7 Å². The molecule has 0 radical (unpaired) electrons. The van der Waals surface area contributed by atoms with E-state index >= 15 is 0 Å². The van der Waals surface area contributed by atoms with Gasteiger partial charge in [0.05, 0.1) is 12.2 Å². The summed E-state index contributed by atoms with van der Waals surface area (Å²) < 4.78 is 6.19. The third-order valence-corrected chi connectivity index (χ3v) is 7.22. The zero-order chi connectivity index (χ0) is 15.5. The lowest BCUT2D eigenvalue weighted by Gasteiger charge is -2.30. The standard InChI is InChI=1S/C17H28O3Si/c1-13-15(10-9-14-7-5-4-6-8-14)20-16(11-12-18)17(13)21(2,3)19/h4-8,13,15-19H,9-12H2,1-3H3/t13-,15+,16-,17+/m1/s1. The first kappa shape index (κ1) is 16.7. The molecule has 0 aliphatic carbocycles. The van der Waals surface area contributed by atoms with Crippen molar-refractivity contribution < 1.29 is 14.6 Å². The van der Waals surface area contributed by atoms with E-state index in [0.717, 1.165) is 12.8 Å². The molecule has 0 amide bonds. The molecule has 1 saturated heterocycles. The van der Waals surface area contributed by atoms with Crippen LogP contribution < -0.4 is 0 Å². The quantitative estimate of drug-likeness (QED) is 0.794. The SMILES string of the molecule is C[C@H]1[C@H]([Si](C)(C)O)[C@@H](CCO)O[C@H]1CCc1ccccc1. The van der Waals surface area contributed by atoms with Crippen LogP contribution in [0.1, 0.15) is 25.3 Å². The van der Waals surface area contributed by atoms with Crippen molar-refractivity contribution in [3.63, 3.8) is 0 Å². The predicted octanol–water partition coefficient (Wildman–Crippen LogP) is 2.97. The summed E-state index contributed by atoms with van der Waals surface area (Å²) in [4.78, 5) is 10.6.